The maximum Gasteiger partial charge on any atom is 0.229 e. The van der Waals surface area contributed by atoms with Crippen LogP contribution in [0.4, 0.5) is 28.8 Å². The van der Waals surface area contributed by atoms with Crippen LogP contribution in [0.25, 0.3) is 0 Å². The van der Waals surface area contributed by atoms with Crippen molar-refractivity contribution in [3.63, 3.8) is 0 Å². The van der Waals surface area contributed by atoms with E-state index in [1.165, 1.54) is 0 Å². The van der Waals surface area contributed by atoms with Gasteiger partial charge in [-0.2, -0.15) is 4.98 Å². The Morgan fingerprint density at radius 1 is 0.897 bits per heavy atom. The molecule has 7 nitrogen and oxygen atoms in total. The molecule has 29 heavy (non-hydrogen) atoms. The third kappa shape index (κ3) is 5.68. The van der Waals surface area contributed by atoms with Gasteiger partial charge in [0.05, 0.1) is 7.11 Å². The molecule has 1 aromatic heterocycles. The molecule has 0 saturated heterocycles. The predicted octanol–water partition coefficient (Wildman–Crippen LogP) is 4.88. The van der Waals surface area contributed by atoms with E-state index in [0.717, 1.165) is 28.5 Å². The Bertz CT molecular complexity index is 969. The molecule has 7 heteroatoms. The quantitative estimate of drug-likeness (QED) is 0.532. The molecule has 1 heterocycles. The molecule has 3 aromatic rings. The van der Waals surface area contributed by atoms with Gasteiger partial charge in [0, 0.05) is 34.7 Å². The standard InChI is InChI=1S/C22H25N5O2/c1-14(2)21(28)25-17-5-7-18(8-6-17)26-22-23-15(3)13-20(27-22)24-16-9-11-19(29-4)12-10-16/h5-14H,1-4H3,(H,25,28)(H2,23,24,26,27). The van der Waals surface area contributed by atoms with Gasteiger partial charge < -0.3 is 20.7 Å². The molecule has 1 amide bonds. The Kier molecular flexibility index (Phi) is 6.29. The van der Waals surface area contributed by atoms with Crippen LogP contribution in [0.5, 0.6) is 5.75 Å². The van der Waals surface area contributed by atoms with Gasteiger partial charge in [-0.3, -0.25) is 4.79 Å². The minimum absolute atomic E-state index is 0.0121. The molecule has 2 aromatic carbocycles. The minimum atomic E-state index is -0.0647. The first-order valence-electron chi connectivity index (χ1n) is 9.37. The van der Waals surface area contributed by atoms with E-state index in [2.05, 4.69) is 25.9 Å². The zero-order valence-corrected chi connectivity index (χ0v) is 17.0. The second kappa shape index (κ2) is 9.05. The third-order valence-corrected chi connectivity index (χ3v) is 4.15. The number of nitrogens with one attached hydrogen (secondary N) is 3. The molecule has 0 bridgehead atoms. The third-order valence-electron chi connectivity index (χ3n) is 4.15. The number of aryl methyl sites for hydroxylation is 1. The number of nitrogens with zero attached hydrogens (tertiary/aromatic N) is 2. The van der Waals surface area contributed by atoms with Gasteiger partial charge in [-0.25, -0.2) is 4.98 Å². The molecule has 0 unspecified atom stereocenters. The van der Waals surface area contributed by atoms with Crippen LogP contribution < -0.4 is 20.7 Å². The van der Waals surface area contributed by atoms with E-state index in [4.69, 9.17) is 4.74 Å². The summed E-state index contributed by atoms with van der Waals surface area (Å²) in [5, 5.41) is 9.34. The number of ether oxygens (including phenoxy) is 1. The van der Waals surface area contributed by atoms with Gasteiger partial charge in [0.25, 0.3) is 0 Å². The van der Waals surface area contributed by atoms with Crippen molar-refractivity contribution in [2.24, 2.45) is 5.92 Å². The molecular formula is C22H25N5O2. The van der Waals surface area contributed by atoms with Gasteiger partial charge in [-0.1, -0.05) is 13.8 Å². The van der Waals surface area contributed by atoms with E-state index in [9.17, 15) is 4.79 Å². The molecular weight excluding hydrogens is 366 g/mol. The Balaban J connectivity index is 1.70. The van der Waals surface area contributed by atoms with Gasteiger partial charge in [-0.15, -0.1) is 0 Å². The number of benzene rings is 2. The first-order valence-corrected chi connectivity index (χ1v) is 9.37. The van der Waals surface area contributed by atoms with E-state index >= 15 is 0 Å². The first-order chi connectivity index (χ1) is 13.9. The maximum atomic E-state index is 11.8. The monoisotopic (exact) mass is 391 g/mol. The normalized spacial score (nSPS) is 10.5. The van der Waals surface area contributed by atoms with E-state index in [1.807, 2.05) is 75.4 Å². The Morgan fingerprint density at radius 3 is 2.10 bits per heavy atom. The molecule has 0 spiro atoms. The van der Waals surface area contributed by atoms with Gasteiger partial charge in [0.1, 0.15) is 11.6 Å². The highest BCUT2D eigenvalue weighted by Crippen LogP contribution is 2.22. The highest BCUT2D eigenvalue weighted by atomic mass is 16.5. The molecule has 0 aliphatic rings. The number of rotatable bonds is 7. The fraction of sp³-hybridized carbons (Fsp3) is 0.227. The molecule has 0 saturated carbocycles. The van der Waals surface area contributed by atoms with Gasteiger partial charge in [-0.05, 0) is 55.5 Å². The van der Waals surface area contributed by atoms with Crippen LogP contribution in [-0.4, -0.2) is 23.0 Å². The number of hydrogen-bond acceptors (Lipinski definition) is 6. The molecule has 0 radical (unpaired) electrons. The van der Waals surface area contributed by atoms with E-state index in [0.29, 0.717) is 11.8 Å². The SMILES string of the molecule is COc1ccc(Nc2cc(C)nc(Nc3ccc(NC(=O)C(C)C)cc3)n2)cc1. The van der Waals surface area contributed by atoms with E-state index < -0.39 is 0 Å². The lowest BCUT2D eigenvalue weighted by Crippen LogP contribution is -2.17. The summed E-state index contributed by atoms with van der Waals surface area (Å²) in [7, 11) is 1.64. The zero-order valence-electron chi connectivity index (χ0n) is 17.0. The van der Waals surface area contributed by atoms with Gasteiger partial charge in [0.2, 0.25) is 11.9 Å². The second-order valence-corrected chi connectivity index (χ2v) is 6.92. The molecule has 0 fully saturated rings. The van der Waals surface area contributed by atoms with Crippen LogP contribution in [-0.2, 0) is 4.79 Å². The van der Waals surface area contributed by atoms with E-state index in [-0.39, 0.29) is 11.8 Å². The summed E-state index contributed by atoms with van der Waals surface area (Å²) >= 11 is 0. The van der Waals surface area contributed by atoms with Crippen molar-refractivity contribution >= 4 is 34.7 Å². The summed E-state index contributed by atoms with van der Waals surface area (Å²) in [5.74, 6) is 1.89. The van der Waals surface area contributed by atoms with Gasteiger partial charge in [0.15, 0.2) is 0 Å². The van der Waals surface area contributed by atoms with Crippen LogP contribution >= 0.6 is 0 Å². The van der Waals surface area contributed by atoms with Crippen LogP contribution in [0, 0.1) is 12.8 Å². The first kappa shape index (κ1) is 20.1. The Labute approximate surface area is 170 Å². The molecule has 3 N–H and O–H groups in total. The Morgan fingerprint density at radius 2 is 1.48 bits per heavy atom. The average Bonchev–Trinajstić information content (AvgIpc) is 2.69. The van der Waals surface area contributed by atoms with Crippen molar-refractivity contribution < 1.29 is 9.53 Å². The Hall–Kier alpha value is -3.61. The van der Waals surface area contributed by atoms with Crippen LogP contribution in [0.15, 0.2) is 54.6 Å². The number of hydrogen-bond donors (Lipinski definition) is 3. The van der Waals surface area contributed by atoms with E-state index in [1.54, 1.807) is 7.11 Å². The molecule has 150 valence electrons. The number of amides is 1. The summed E-state index contributed by atoms with van der Waals surface area (Å²) in [6, 6.07) is 16.9. The zero-order chi connectivity index (χ0) is 20.8. The largest absolute Gasteiger partial charge is 0.497 e. The molecule has 3 rings (SSSR count). The van der Waals surface area contributed by atoms with Crippen molar-refractivity contribution in [2.45, 2.75) is 20.8 Å². The molecule has 0 atom stereocenters. The number of aromatic nitrogens is 2. The summed E-state index contributed by atoms with van der Waals surface area (Å²) in [6.07, 6.45) is 0. The van der Waals surface area contributed by atoms with Crippen molar-refractivity contribution in [3.8, 4) is 5.75 Å². The van der Waals surface area contributed by atoms with Crippen molar-refractivity contribution in [1.82, 2.24) is 9.97 Å². The summed E-state index contributed by atoms with van der Waals surface area (Å²) in [6.45, 7) is 5.63. The highest BCUT2D eigenvalue weighted by molar-refractivity contribution is 5.92. The van der Waals surface area contributed by atoms with Crippen LogP contribution in [0.1, 0.15) is 19.5 Å². The van der Waals surface area contributed by atoms with Crippen LogP contribution in [0.3, 0.4) is 0 Å². The smallest absolute Gasteiger partial charge is 0.229 e. The number of carbonyl (C=O) groups is 1. The number of methoxy groups -OCH3 is 1. The fourth-order valence-corrected chi connectivity index (χ4v) is 2.56. The summed E-state index contributed by atoms with van der Waals surface area (Å²) in [5.41, 5.74) is 3.31. The predicted molar refractivity (Wildman–Crippen MR) is 116 cm³/mol. The molecule has 0 aliphatic carbocycles. The lowest BCUT2D eigenvalue weighted by atomic mass is 10.2. The maximum absolute atomic E-state index is 11.8. The lowest BCUT2D eigenvalue weighted by Gasteiger charge is -2.11. The number of carbonyl (C=O) groups excluding carboxylic acids is 1. The lowest BCUT2D eigenvalue weighted by molar-refractivity contribution is -0.118. The average molecular weight is 391 g/mol. The van der Waals surface area contributed by atoms with Crippen molar-refractivity contribution in [3.05, 3.63) is 60.3 Å². The minimum Gasteiger partial charge on any atom is -0.497 e. The number of anilines is 5. The van der Waals surface area contributed by atoms with Gasteiger partial charge >= 0.3 is 0 Å². The highest BCUT2D eigenvalue weighted by Gasteiger charge is 2.08. The fourth-order valence-electron chi connectivity index (χ4n) is 2.56. The van der Waals surface area contributed by atoms with Crippen molar-refractivity contribution in [1.29, 1.82) is 0 Å². The second-order valence-electron chi connectivity index (χ2n) is 6.92. The summed E-state index contributed by atoms with van der Waals surface area (Å²) < 4.78 is 5.18. The molecule has 0 aliphatic heterocycles. The summed E-state index contributed by atoms with van der Waals surface area (Å²) in [4.78, 5) is 20.8. The topological polar surface area (TPSA) is 88.2 Å². The van der Waals surface area contributed by atoms with Crippen LogP contribution in [0.2, 0.25) is 0 Å². The van der Waals surface area contributed by atoms with Crippen molar-refractivity contribution in [2.75, 3.05) is 23.1 Å².